The first kappa shape index (κ1) is 16.1. The molecule has 1 aliphatic rings. The van der Waals surface area contributed by atoms with Gasteiger partial charge in [-0.05, 0) is 47.2 Å². The van der Waals surface area contributed by atoms with Crippen LogP contribution in [0.3, 0.4) is 0 Å². The van der Waals surface area contributed by atoms with Gasteiger partial charge in [-0.3, -0.25) is 4.79 Å². The van der Waals surface area contributed by atoms with Gasteiger partial charge in [-0.25, -0.2) is 0 Å². The van der Waals surface area contributed by atoms with Gasteiger partial charge in [0.05, 0.1) is 11.3 Å². The lowest BCUT2D eigenvalue weighted by atomic mass is 10.1. The van der Waals surface area contributed by atoms with Crippen molar-refractivity contribution in [2.75, 3.05) is 13.3 Å². The molecule has 8 nitrogen and oxygen atoms in total. The molecule has 0 aliphatic carbocycles. The van der Waals surface area contributed by atoms with Crippen molar-refractivity contribution in [1.29, 1.82) is 0 Å². The number of fused-ring (bicyclic) bond motifs is 1. The van der Waals surface area contributed by atoms with E-state index in [9.17, 15) is 4.79 Å². The third-order valence-corrected chi connectivity index (χ3v) is 4.21. The molecule has 0 radical (unpaired) electrons. The molecule has 2 heterocycles. The highest BCUT2D eigenvalue weighted by Crippen LogP contribution is 2.33. The van der Waals surface area contributed by atoms with E-state index in [1.54, 1.807) is 11.0 Å². The summed E-state index contributed by atoms with van der Waals surface area (Å²) in [6.45, 7) is 3.21. The first-order valence-electron chi connectivity index (χ1n) is 8.26. The molecule has 1 amide bonds. The Morgan fingerprint density at radius 3 is 2.85 bits per heavy atom. The molecule has 0 saturated carbocycles. The Kier molecular flexibility index (Phi) is 4.22. The van der Waals surface area contributed by atoms with Crippen LogP contribution in [0.1, 0.15) is 22.8 Å². The average Bonchev–Trinajstić information content (AvgIpc) is 3.36. The van der Waals surface area contributed by atoms with E-state index in [0.29, 0.717) is 30.1 Å². The van der Waals surface area contributed by atoms with Gasteiger partial charge in [-0.1, -0.05) is 18.2 Å². The molecule has 0 fully saturated rings. The van der Waals surface area contributed by atoms with E-state index in [-0.39, 0.29) is 12.7 Å². The summed E-state index contributed by atoms with van der Waals surface area (Å²) in [5.41, 5.74) is 2.17. The molecule has 0 unspecified atom stereocenters. The van der Waals surface area contributed by atoms with Crippen molar-refractivity contribution in [3.63, 3.8) is 0 Å². The molecule has 26 heavy (non-hydrogen) atoms. The number of nitrogens with zero attached hydrogens (tertiary/aromatic N) is 5. The SMILES string of the molecule is CCN(Cc1ccc2c(c1)OCO2)C(=O)c1ccccc1-n1cnnn1. The molecule has 0 bridgehead atoms. The van der Waals surface area contributed by atoms with E-state index in [1.807, 2.05) is 43.3 Å². The van der Waals surface area contributed by atoms with Crippen LogP contribution >= 0.6 is 0 Å². The molecule has 0 saturated heterocycles. The summed E-state index contributed by atoms with van der Waals surface area (Å²) in [4.78, 5) is 14.9. The van der Waals surface area contributed by atoms with E-state index in [2.05, 4.69) is 15.5 Å². The minimum absolute atomic E-state index is 0.0868. The molecular formula is C18H17N5O3. The largest absolute Gasteiger partial charge is 0.454 e. The summed E-state index contributed by atoms with van der Waals surface area (Å²) in [5.74, 6) is 1.35. The highest BCUT2D eigenvalue weighted by Gasteiger charge is 2.20. The fraction of sp³-hybridized carbons (Fsp3) is 0.222. The second kappa shape index (κ2) is 6.83. The Hall–Kier alpha value is -3.42. The van der Waals surface area contributed by atoms with Crippen LogP contribution < -0.4 is 9.47 Å². The Bertz CT molecular complexity index is 926. The lowest BCUT2D eigenvalue weighted by molar-refractivity contribution is 0.0752. The van der Waals surface area contributed by atoms with E-state index in [1.165, 1.54) is 11.0 Å². The Morgan fingerprint density at radius 1 is 1.19 bits per heavy atom. The number of benzene rings is 2. The first-order chi connectivity index (χ1) is 12.8. The van der Waals surface area contributed by atoms with Crippen molar-refractivity contribution >= 4 is 5.91 Å². The zero-order valence-electron chi connectivity index (χ0n) is 14.2. The van der Waals surface area contributed by atoms with Crippen LogP contribution in [-0.2, 0) is 6.54 Å². The molecule has 3 aromatic rings. The summed E-state index contributed by atoms with van der Waals surface area (Å²) in [7, 11) is 0. The predicted molar refractivity (Wildman–Crippen MR) is 92.1 cm³/mol. The van der Waals surface area contributed by atoms with Crippen LogP contribution in [0, 0.1) is 0 Å². The standard InChI is InChI=1S/C18H17N5O3/c1-2-22(10-13-7-8-16-17(9-13)26-12-25-16)18(24)14-5-3-4-6-15(14)23-11-19-20-21-23/h3-9,11H,2,10,12H2,1H3. The summed E-state index contributed by atoms with van der Waals surface area (Å²) in [6, 6.07) is 13.0. The molecule has 2 aromatic carbocycles. The molecule has 0 spiro atoms. The fourth-order valence-corrected chi connectivity index (χ4v) is 2.88. The van der Waals surface area contributed by atoms with E-state index in [4.69, 9.17) is 9.47 Å². The molecular weight excluding hydrogens is 334 g/mol. The number of amides is 1. The summed E-state index contributed by atoms with van der Waals surface area (Å²) in [5, 5.41) is 11.2. The Morgan fingerprint density at radius 2 is 2.04 bits per heavy atom. The zero-order chi connectivity index (χ0) is 17.9. The van der Waals surface area contributed by atoms with Crippen molar-refractivity contribution in [2.24, 2.45) is 0 Å². The van der Waals surface area contributed by atoms with E-state index < -0.39 is 0 Å². The second-order valence-corrected chi connectivity index (χ2v) is 5.78. The maximum Gasteiger partial charge on any atom is 0.256 e. The van der Waals surface area contributed by atoms with Crippen LogP contribution in [0.15, 0.2) is 48.8 Å². The van der Waals surface area contributed by atoms with Gasteiger partial charge in [0.25, 0.3) is 5.91 Å². The lowest BCUT2D eigenvalue weighted by Crippen LogP contribution is -2.31. The van der Waals surface area contributed by atoms with E-state index in [0.717, 1.165) is 11.3 Å². The minimum Gasteiger partial charge on any atom is -0.454 e. The number of ether oxygens (including phenoxy) is 2. The number of carbonyl (C=O) groups is 1. The Balaban J connectivity index is 1.60. The van der Waals surface area contributed by atoms with E-state index >= 15 is 0 Å². The average molecular weight is 351 g/mol. The van der Waals surface area contributed by atoms with Crippen LogP contribution in [0.2, 0.25) is 0 Å². The van der Waals surface area contributed by atoms with Gasteiger partial charge in [-0.15, -0.1) is 5.10 Å². The number of hydrogen-bond donors (Lipinski definition) is 0. The minimum atomic E-state index is -0.0868. The molecule has 8 heteroatoms. The van der Waals surface area contributed by atoms with Gasteiger partial charge < -0.3 is 14.4 Å². The maximum absolute atomic E-state index is 13.1. The van der Waals surface area contributed by atoms with Gasteiger partial charge in [0.15, 0.2) is 11.5 Å². The molecule has 0 atom stereocenters. The van der Waals surface area contributed by atoms with Gasteiger partial charge in [-0.2, -0.15) is 4.68 Å². The Labute approximate surface area is 149 Å². The third-order valence-electron chi connectivity index (χ3n) is 4.21. The van der Waals surface area contributed by atoms with Crippen molar-refractivity contribution in [2.45, 2.75) is 13.5 Å². The lowest BCUT2D eigenvalue weighted by Gasteiger charge is -2.22. The van der Waals surface area contributed by atoms with Crippen molar-refractivity contribution in [1.82, 2.24) is 25.1 Å². The molecule has 1 aromatic heterocycles. The summed E-state index contributed by atoms with van der Waals surface area (Å²) >= 11 is 0. The zero-order valence-corrected chi connectivity index (χ0v) is 14.2. The smallest absolute Gasteiger partial charge is 0.256 e. The summed E-state index contributed by atoms with van der Waals surface area (Å²) < 4.78 is 12.2. The molecule has 0 N–H and O–H groups in total. The highest BCUT2D eigenvalue weighted by atomic mass is 16.7. The van der Waals surface area contributed by atoms with Gasteiger partial charge in [0, 0.05) is 13.1 Å². The van der Waals surface area contributed by atoms with Crippen LogP contribution in [0.4, 0.5) is 0 Å². The van der Waals surface area contributed by atoms with Crippen molar-refractivity contribution < 1.29 is 14.3 Å². The molecule has 4 rings (SSSR count). The third kappa shape index (κ3) is 2.97. The first-order valence-corrected chi connectivity index (χ1v) is 8.26. The highest BCUT2D eigenvalue weighted by molar-refractivity contribution is 5.97. The number of tetrazole rings is 1. The van der Waals surface area contributed by atoms with Gasteiger partial charge in [0.2, 0.25) is 6.79 Å². The number of aromatic nitrogens is 4. The number of carbonyl (C=O) groups excluding carboxylic acids is 1. The normalized spacial score (nSPS) is 12.2. The number of rotatable bonds is 5. The molecule has 1 aliphatic heterocycles. The fourth-order valence-electron chi connectivity index (χ4n) is 2.88. The molecule has 132 valence electrons. The van der Waals surface area contributed by atoms with Crippen LogP contribution in [0.5, 0.6) is 11.5 Å². The maximum atomic E-state index is 13.1. The van der Waals surface area contributed by atoms with Gasteiger partial charge >= 0.3 is 0 Å². The van der Waals surface area contributed by atoms with Crippen molar-refractivity contribution in [3.05, 3.63) is 59.9 Å². The topological polar surface area (TPSA) is 82.4 Å². The van der Waals surface area contributed by atoms with Crippen molar-refractivity contribution in [3.8, 4) is 17.2 Å². The van der Waals surface area contributed by atoms with Crippen LogP contribution in [0.25, 0.3) is 5.69 Å². The van der Waals surface area contributed by atoms with Gasteiger partial charge in [0.1, 0.15) is 6.33 Å². The summed E-state index contributed by atoms with van der Waals surface area (Å²) in [6.07, 6.45) is 1.47. The van der Waals surface area contributed by atoms with Crippen LogP contribution in [-0.4, -0.2) is 44.4 Å². The monoisotopic (exact) mass is 351 g/mol. The quantitative estimate of drug-likeness (QED) is 0.700. The number of para-hydroxylation sites is 1. The predicted octanol–water partition coefficient (Wildman–Crippen LogP) is 2.05. The second-order valence-electron chi connectivity index (χ2n) is 5.78. The number of hydrogen-bond acceptors (Lipinski definition) is 6.